The maximum absolute atomic E-state index is 12.3. The van der Waals surface area contributed by atoms with Crippen LogP contribution in [0.25, 0.3) is 0 Å². The molecule has 21 heavy (non-hydrogen) atoms. The number of aryl methyl sites for hydroxylation is 1. The number of carbonyl (C=O) groups is 2. The highest BCUT2D eigenvalue weighted by atomic mass is 16.4. The van der Waals surface area contributed by atoms with Gasteiger partial charge < -0.3 is 10.0 Å². The molecule has 1 aliphatic rings. The van der Waals surface area contributed by atoms with Crippen LogP contribution in [0.1, 0.15) is 49.1 Å². The molecule has 2 rings (SSSR count). The molecule has 0 spiro atoms. The number of carboxylic acids is 1. The van der Waals surface area contributed by atoms with Gasteiger partial charge in [-0.25, -0.2) is 0 Å². The summed E-state index contributed by atoms with van der Waals surface area (Å²) in [4.78, 5) is 24.4. The maximum atomic E-state index is 12.3. The Hall–Kier alpha value is -1.84. The predicted molar refractivity (Wildman–Crippen MR) is 81.2 cm³/mol. The van der Waals surface area contributed by atoms with E-state index in [1.54, 1.807) is 11.9 Å². The summed E-state index contributed by atoms with van der Waals surface area (Å²) < 4.78 is 0. The molecule has 0 aromatic heterocycles. The lowest BCUT2D eigenvalue weighted by Gasteiger charge is -2.27. The lowest BCUT2D eigenvalue weighted by molar-refractivity contribution is -0.138. The first-order chi connectivity index (χ1) is 10.1. The number of benzene rings is 1. The smallest absolute Gasteiger partial charge is 0.303 e. The summed E-state index contributed by atoms with van der Waals surface area (Å²) in [5.74, 6) is -0.386. The molecule has 1 N–H and O–H groups in total. The molecule has 1 aromatic carbocycles. The van der Waals surface area contributed by atoms with E-state index in [9.17, 15) is 9.59 Å². The molecule has 4 heteroatoms. The molecule has 1 aliphatic carbocycles. The van der Waals surface area contributed by atoms with Gasteiger partial charge in [0.25, 0.3) is 0 Å². The lowest BCUT2D eigenvalue weighted by atomic mass is 9.81. The molecule has 1 atom stereocenters. The van der Waals surface area contributed by atoms with Crippen LogP contribution in [-0.4, -0.2) is 35.5 Å². The quantitative estimate of drug-likeness (QED) is 0.876. The highest BCUT2D eigenvalue weighted by molar-refractivity contribution is 5.77. The van der Waals surface area contributed by atoms with E-state index in [1.807, 2.05) is 6.07 Å². The number of rotatable bonds is 6. The van der Waals surface area contributed by atoms with Crippen LogP contribution in [0.15, 0.2) is 24.3 Å². The number of carbonyl (C=O) groups excluding carboxylic acids is 1. The Morgan fingerprint density at radius 3 is 2.86 bits per heavy atom. The Morgan fingerprint density at radius 2 is 2.10 bits per heavy atom. The SMILES string of the molecule is CN(CCCC(=O)O)C(=O)CC1CCCc2ccccc21. The zero-order chi connectivity index (χ0) is 15.2. The standard InChI is InChI=1S/C17H23NO3/c1-18(11-5-10-17(20)21)16(19)12-14-8-4-7-13-6-2-3-9-15(13)14/h2-3,6,9,14H,4-5,7-8,10-12H2,1H3,(H,20,21). The summed E-state index contributed by atoms with van der Waals surface area (Å²) in [6, 6.07) is 8.39. The Morgan fingerprint density at radius 1 is 1.33 bits per heavy atom. The van der Waals surface area contributed by atoms with Crippen molar-refractivity contribution in [2.45, 2.75) is 44.4 Å². The van der Waals surface area contributed by atoms with Crippen LogP contribution in [0, 0.1) is 0 Å². The molecular formula is C17H23NO3. The number of hydrogen-bond acceptors (Lipinski definition) is 2. The molecule has 0 saturated carbocycles. The van der Waals surface area contributed by atoms with Gasteiger partial charge in [0.2, 0.25) is 5.91 Å². The molecule has 0 heterocycles. The van der Waals surface area contributed by atoms with E-state index >= 15 is 0 Å². The second kappa shape index (κ2) is 7.25. The molecule has 0 radical (unpaired) electrons. The van der Waals surface area contributed by atoms with Crippen LogP contribution in [-0.2, 0) is 16.0 Å². The number of aliphatic carboxylic acids is 1. The largest absolute Gasteiger partial charge is 0.481 e. The molecule has 0 aliphatic heterocycles. The fourth-order valence-electron chi connectivity index (χ4n) is 3.03. The van der Waals surface area contributed by atoms with Crippen molar-refractivity contribution in [2.75, 3.05) is 13.6 Å². The molecule has 114 valence electrons. The topological polar surface area (TPSA) is 57.6 Å². The molecule has 0 saturated heterocycles. The van der Waals surface area contributed by atoms with Gasteiger partial charge in [-0.2, -0.15) is 0 Å². The van der Waals surface area contributed by atoms with Crippen LogP contribution in [0.2, 0.25) is 0 Å². The van der Waals surface area contributed by atoms with Gasteiger partial charge in [-0.05, 0) is 42.7 Å². The van der Waals surface area contributed by atoms with Crippen LogP contribution in [0.5, 0.6) is 0 Å². The van der Waals surface area contributed by atoms with E-state index < -0.39 is 5.97 Å². The second-order valence-corrected chi connectivity index (χ2v) is 5.80. The van der Waals surface area contributed by atoms with Crippen molar-refractivity contribution in [1.82, 2.24) is 4.90 Å². The van der Waals surface area contributed by atoms with Crippen LogP contribution >= 0.6 is 0 Å². The third-order valence-corrected chi connectivity index (χ3v) is 4.22. The van der Waals surface area contributed by atoms with Gasteiger partial charge in [0.1, 0.15) is 0 Å². The van der Waals surface area contributed by atoms with E-state index in [2.05, 4.69) is 18.2 Å². The average Bonchev–Trinajstić information content (AvgIpc) is 2.47. The Balaban J connectivity index is 1.90. The van der Waals surface area contributed by atoms with Gasteiger partial charge in [0.05, 0.1) is 0 Å². The monoisotopic (exact) mass is 289 g/mol. The third kappa shape index (κ3) is 4.31. The van der Waals surface area contributed by atoms with Crippen molar-refractivity contribution in [1.29, 1.82) is 0 Å². The summed E-state index contributed by atoms with van der Waals surface area (Å²) in [7, 11) is 1.76. The molecule has 0 fully saturated rings. The van der Waals surface area contributed by atoms with Crippen molar-refractivity contribution in [2.24, 2.45) is 0 Å². The Labute approximate surface area is 125 Å². The summed E-state index contributed by atoms with van der Waals surface area (Å²) in [5.41, 5.74) is 2.69. The van der Waals surface area contributed by atoms with Crippen molar-refractivity contribution in [3.63, 3.8) is 0 Å². The van der Waals surface area contributed by atoms with Crippen molar-refractivity contribution in [3.8, 4) is 0 Å². The summed E-state index contributed by atoms with van der Waals surface area (Å²) in [6.07, 6.45) is 4.46. The number of hydrogen-bond donors (Lipinski definition) is 1. The second-order valence-electron chi connectivity index (χ2n) is 5.80. The molecule has 1 unspecified atom stereocenters. The summed E-state index contributed by atoms with van der Waals surface area (Å²) in [6.45, 7) is 0.513. The van der Waals surface area contributed by atoms with Crippen LogP contribution < -0.4 is 0 Å². The first kappa shape index (κ1) is 15.5. The highest BCUT2D eigenvalue weighted by Gasteiger charge is 2.23. The number of nitrogens with zero attached hydrogens (tertiary/aromatic N) is 1. The zero-order valence-corrected chi connectivity index (χ0v) is 12.5. The van der Waals surface area contributed by atoms with E-state index in [0.29, 0.717) is 25.3 Å². The number of amides is 1. The van der Waals surface area contributed by atoms with E-state index in [-0.39, 0.29) is 12.3 Å². The minimum atomic E-state index is -0.808. The summed E-state index contributed by atoms with van der Waals surface area (Å²) >= 11 is 0. The van der Waals surface area contributed by atoms with Gasteiger partial charge in [0, 0.05) is 26.4 Å². The summed E-state index contributed by atoms with van der Waals surface area (Å²) in [5, 5.41) is 8.63. The third-order valence-electron chi connectivity index (χ3n) is 4.22. The predicted octanol–water partition coefficient (Wildman–Crippen LogP) is 2.82. The van der Waals surface area contributed by atoms with E-state index in [4.69, 9.17) is 5.11 Å². The molecular weight excluding hydrogens is 266 g/mol. The van der Waals surface area contributed by atoms with E-state index in [0.717, 1.165) is 19.3 Å². The van der Waals surface area contributed by atoms with Crippen molar-refractivity contribution in [3.05, 3.63) is 35.4 Å². The molecule has 4 nitrogen and oxygen atoms in total. The first-order valence-corrected chi connectivity index (χ1v) is 7.61. The lowest BCUT2D eigenvalue weighted by Crippen LogP contribution is -2.30. The van der Waals surface area contributed by atoms with Gasteiger partial charge in [0.15, 0.2) is 0 Å². The minimum Gasteiger partial charge on any atom is -0.481 e. The fraction of sp³-hybridized carbons (Fsp3) is 0.529. The minimum absolute atomic E-state index is 0.113. The van der Waals surface area contributed by atoms with Gasteiger partial charge in [-0.1, -0.05) is 24.3 Å². The molecule has 1 amide bonds. The molecule has 1 aromatic rings. The molecule has 0 bridgehead atoms. The van der Waals surface area contributed by atoms with Crippen LogP contribution in [0.3, 0.4) is 0 Å². The van der Waals surface area contributed by atoms with E-state index in [1.165, 1.54) is 11.1 Å². The maximum Gasteiger partial charge on any atom is 0.303 e. The normalized spacial score (nSPS) is 17.1. The number of carboxylic acid groups (broad SMARTS) is 1. The van der Waals surface area contributed by atoms with Gasteiger partial charge in [-0.15, -0.1) is 0 Å². The zero-order valence-electron chi connectivity index (χ0n) is 12.5. The van der Waals surface area contributed by atoms with Gasteiger partial charge >= 0.3 is 5.97 Å². The highest BCUT2D eigenvalue weighted by Crippen LogP contribution is 2.34. The first-order valence-electron chi connectivity index (χ1n) is 7.61. The average molecular weight is 289 g/mol. The van der Waals surface area contributed by atoms with Crippen LogP contribution in [0.4, 0.5) is 0 Å². The Bertz CT molecular complexity index is 513. The van der Waals surface area contributed by atoms with Crippen molar-refractivity contribution >= 4 is 11.9 Å². The Kier molecular flexibility index (Phi) is 5.37. The number of fused-ring (bicyclic) bond motifs is 1. The van der Waals surface area contributed by atoms with Crippen molar-refractivity contribution < 1.29 is 14.7 Å². The van der Waals surface area contributed by atoms with Gasteiger partial charge in [-0.3, -0.25) is 9.59 Å². The fourth-order valence-corrected chi connectivity index (χ4v) is 3.03.